The van der Waals surface area contributed by atoms with Gasteiger partial charge in [0.1, 0.15) is 0 Å². The average molecular weight is 361 g/mol. The van der Waals surface area contributed by atoms with E-state index in [2.05, 4.69) is 5.11 Å². The maximum atomic E-state index is 12.8. The number of carbonyl (C=O) groups excluding carboxylic acids is 1. The second kappa shape index (κ2) is 6.62. The number of nitrogens with one attached hydrogen (secondary N) is 1. The SMILES string of the molecule is CC1=C(Cn2ccc3ccc(C(=O)NO)cc3c2=O)N=[N+]1c1ccccc1. The zero-order chi connectivity index (χ0) is 19.0. The van der Waals surface area contributed by atoms with Crippen LogP contribution in [-0.4, -0.2) is 20.4 Å². The van der Waals surface area contributed by atoms with Crippen LogP contribution in [0.4, 0.5) is 5.69 Å². The topological polar surface area (TPSA) is 86.7 Å². The molecule has 2 aromatic carbocycles. The number of benzene rings is 2. The second-order valence-corrected chi connectivity index (χ2v) is 6.27. The number of nitrogens with zero attached hydrogens (tertiary/aromatic N) is 3. The number of allylic oxidation sites excluding steroid dienone is 2. The Balaban J connectivity index is 1.65. The Hall–Kier alpha value is -3.58. The van der Waals surface area contributed by atoms with Crippen LogP contribution >= 0.6 is 0 Å². The first-order valence-electron chi connectivity index (χ1n) is 8.42. The first-order valence-corrected chi connectivity index (χ1v) is 8.42. The van der Waals surface area contributed by atoms with Crippen molar-refractivity contribution in [3.63, 3.8) is 0 Å². The molecule has 2 N–H and O–H groups in total. The predicted molar refractivity (Wildman–Crippen MR) is 99.0 cm³/mol. The van der Waals surface area contributed by atoms with E-state index in [0.29, 0.717) is 11.9 Å². The number of hydrogen-bond donors (Lipinski definition) is 2. The van der Waals surface area contributed by atoms with Crippen molar-refractivity contribution in [2.75, 3.05) is 0 Å². The average Bonchev–Trinajstić information content (AvgIpc) is 2.71. The minimum absolute atomic E-state index is 0.214. The molecule has 3 aromatic rings. The fourth-order valence-corrected chi connectivity index (χ4v) is 3.08. The number of azo groups is 2. The van der Waals surface area contributed by atoms with Gasteiger partial charge in [0.05, 0.1) is 6.54 Å². The summed E-state index contributed by atoms with van der Waals surface area (Å²) in [6, 6.07) is 16.3. The number of fused-ring (bicyclic) bond motifs is 1. The van der Waals surface area contributed by atoms with Gasteiger partial charge in [-0.25, -0.2) is 5.48 Å². The highest BCUT2D eigenvalue weighted by Crippen LogP contribution is 2.28. The molecule has 1 aliphatic rings. The molecule has 0 saturated carbocycles. The van der Waals surface area contributed by atoms with E-state index in [-0.39, 0.29) is 11.1 Å². The Bertz CT molecular complexity index is 1180. The number of hydroxylamine groups is 1. The smallest absolute Gasteiger partial charge is 0.274 e. The number of carbonyl (C=O) groups is 1. The van der Waals surface area contributed by atoms with E-state index in [9.17, 15) is 9.59 Å². The van der Waals surface area contributed by atoms with Crippen LogP contribution in [-0.2, 0) is 6.54 Å². The molecule has 7 heteroatoms. The van der Waals surface area contributed by atoms with Crippen LogP contribution < -0.4 is 11.0 Å². The summed E-state index contributed by atoms with van der Waals surface area (Å²) >= 11 is 0. The van der Waals surface area contributed by atoms with E-state index >= 15 is 0 Å². The van der Waals surface area contributed by atoms with E-state index in [1.54, 1.807) is 28.4 Å². The van der Waals surface area contributed by atoms with Gasteiger partial charge in [0.15, 0.2) is 5.70 Å². The minimum Gasteiger partial charge on any atom is -0.308 e. The Morgan fingerprint density at radius 2 is 1.96 bits per heavy atom. The van der Waals surface area contributed by atoms with Crippen molar-refractivity contribution in [1.82, 2.24) is 10.0 Å². The van der Waals surface area contributed by atoms with Crippen molar-refractivity contribution in [2.24, 2.45) is 5.11 Å². The van der Waals surface area contributed by atoms with Crippen LogP contribution in [0.1, 0.15) is 17.3 Å². The monoisotopic (exact) mass is 361 g/mol. The standard InChI is InChI=1S/C20H16N4O3/c1-13-18(21-24(13)16-5-3-2-4-6-16)12-23-10-9-14-7-8-15(19(25)22-27)11-17(14)20(23)26/h2-11H,12H2,1H3,(H-,22,25,27)/p+1. The first-order chi connectivity index (χ1) is 13.1. The number of pyridine rings is 1. The Morgan fingerprint density at radius 3 is 2.67 bits per heavy atom. The Labute approximate surface area is 154 Å². The van der Waals surface area contributed by atoms with E-state index in [1.165, 1.54) is 6.07 Å². The first kappa shape index (κ1) is 16.9. The van der Waals surface area contributed by atoms with Crippen LogP contribution in [0.2, 0.25) is 0 Å². The molecular formula is C20H17N4O3+. The molecule has 0 saturated heterocycles. The molecule has 134 valence electrons. The number of rotatable bonds is 4. The molecule has 0 atom stereocenters. The van der Waals surface area contributed by atoms with Crippen LogP contribution in [0.3, 0.4) is 0 Å². The van der Waals surface area contributed by atoms with Gasteiger partial charge in [0.2, 0.25) is 11.4 Å². The van der Waals surface area contributed by atoms with E-state index in [0.717, 1.165) is 22.5 Å². The lowest BCUT2D eigenvalue weighted by Gasteiger charge is -2.13. The Kier molecular flexibility index (Phi) is 4.13. The van der Waals surface area contributed by atoms with Gasteiger partial charge in [-0.3, -0.25) is 14.8 Å². The summed E-state index contributed by atoms with van der Waals surface area (Å²) in [6.45, 7) is 2.31. The zero-order valence-corrected chi connectivity index (χ0v) is 14.6. The molecular weight excluding hydrogens is 344 g/mol. The van der Waals surface area contributed by atoms with Crippen molar-refractivity contribution >= 4 is 22.4 Å². The third-order valence-electron chi connectivity index (χ3n) is 4.62. The molecule has 1 aliphatic heterocycles. The molecule has 0 radical (unpaired) electrons. The number of amides is 1. The van der Waals surface area contributed by atoms with Gasteiger partial charge >= 0.3 is 0 Å². The second-order valence-electron chi connectivity index (χ2n) is 6.27. The fraction of sp³-hybridized carbons (Fsp3) is 0.100. The van der Waals surface area contributed by atoms with E-state index in [4.69, 9.17) is 5.21 Å². The highest BCUT2D eigenvalue weighted by molar-refractivity contribution is 5.97. The Morgan fingerprint density at radius 1 is 1.19 bits per heavy atom. The summed E-state index contributed by atoms with van der Waals surface area (Å²) in [7, 11) is 0. The molecule has 1 amide bonds. The number of para-hydroxylation sites is 1. The molecule has 4 rings (SSSR count). The molecule has 2 heterocycles. The minimum atomic E-state index is -0.655. The van der Waals surface area contributed by atoms with Gasteiger partial charge in [0.25, 0.3) is 11.5 Å². The summed E-state index contributed by atoms with van der Waals surface area (Å²) in [4.78, 5) is 24.4. The van der Waals surface area contributed by atoms with Crippen LogP contribution in [0.15, 0.2) is 82.1 Å². The normalized spacial score (nSPS) is 13.3. The predicted octanol–water partition coefficient (Wildman–Crippen LogP) is 3.16. The number of aromatic nitrogens is 1. The van der Waals surface area contributed by atoms with Crippen molar-refractivity contribution in [3.05, 3.63) is 88.1 Å². The van der Waals surface area contributed by atoms with Crippen molar-refractivity contribution < 1.29 is 14.7 Å². The third kappa shape index (κ3) is 2.94. The lowest BCUT2D eigenvalue weighted by Crippen LogP contribution is -2.25. The van der Waals surface area contributed by atoms with E-state index < -0.39 is 5.91 Å². The summed E-state index contributed by atoms with van der Waals surface area (Å²) in [5.41, 5.74) is 4.38. The molecule has 0 aliphatic carbocycles. The van der Waals surface area contributed by atoms with Gasteiger partial charge < -0.3 is 4.57 Å². The summed E-state index contributed by atoms with van der Waals surface area (Å²) in [5.74, 6) is -0.655. The highest BCUT2D eigenvalue weighted by atomic mass is 16.5. The summed E-state index contributed by atoms with van der Waals surface area (Å²) in [5, 5.41) is 14.4. The molecule has 0 spiro atoms. The van der Waals surface area contributed by atoms with Gasteiger partial charge in [-0.15, -0.1) is 0 Å². The van der Waals surface area contributed by atoms with Gasteiger partial charge in [-0.1, -0.05) is 24.3 Å². The van der Waals surface area contributed by atoms with Crippen molar-refractivity contribution in [3.8, 4) is 0 Å². The molecule has 1 aromatic heterocycles. The van der Waals surface area contributed by atoms with Gasteiger partial charge in [-0.2, -0.15) is 0 Å². The molecule has 0 unspecified atom stereocenters. The fourth-order valence-electron chi connectivity index (χ4n) is 3.08. The maximum Gasteiger partial charge on any atom is 0.274 e. The third-order valence-corrected chi connectivity index (χ3v) is 4.62. The summed E-state index contributed by atoms with van der Waals surface area (Å²) < 4.78 is 3.40. The van der Waals surface area contributed by atoms with Gasteiger partial charge in [0, 0.05) is 41.3 Å². The molecule has 27 heavy (non-hydrogen) atoms. The largest absolute Gasteiger partial charge is 0.308 e. The van der Waals surface area contributed by atoms with Crippen LogP contribution in [0, 0.1) is 0 Å². The lowest BCUT2D eigenvalue weighted by atomic mass is 10.1. The highest BCUT2D eigenvalue weighted by Gasteiger charge is 2.30. The summed E-state index contributed by atoms with van der Waals surface area (Å²) in [6.07, 6.45) is 1.72. The van der Waals surface area contributed by atoms with E-state index in [1.807, 2.05) is 48.0 Å². The van der Waals surface area contributed by atoms with Crippen molar-refractivity contribution in [2.45, 2.75) is 13.5 Å². The number of hydrogen-bond acceptors (Lipinski definition) is 4. The quantitative estimate of drug-likeness (QED) is 0.425. The zero-order valence-electron chi connectivity index (χ0n) is 14.6. The van der Waals surface area contributed by atoms with Crippen LogP contribution in [0.25, 0.3) is 10.8 Å². The van der Waals surface area contributed by atoms with Crippen LogP contribution in [0.5, 0.6) is 0 Å². The lowest BCUT2D eigenvalue weighted by molar-refractivity contribution is -0.483. The molecule has 0 bridgehead atoms. The van der Waals surface area contributed by atoms with Crippen molar-refractivity contribution in [1.29, 1.82) is 0 Å². The van der Waals surface area contributed by atoms with Gasteiger partial charge in [-0.05, 0) is 28.3 Å². The molecule has 7 nitrogen and oxygen atoms in total. The molecule has 0 fully saturated rings. The maximum absolute atomic E-state index is 12.8.